The number of amides is 1. The summed E-state index contributed by atoms with van der Waals surface area (Å²) in [6, 6.07) is 0.712. The van der Waals surface area contributed by atoms with E-state index < -0.39 is 22.8 Å². The third-order valence-electron chi connectivity index (χ3n) is 2.09. The number of nitrogens with one attached hydrogen (secondary N) is 1. The zero-order chi connectivity index (χ0) is 13.2. The van der Waals surface area contributed by atoms with Crippen LogP contribution < -0.4 is 11.1 Å². The molecule has 2 unspecified atom stereocenters. The van der Waals surface area contributed by atoms with Gasteiger partial charge in [-0.15, -0.1) is 0 Å². The van der Waals surface area contributed by atoms with E-state index in [1.807, 2.05) is 5.32 Å². The standard InChI is InChI=1S/C9H7Cl2N3O3/c10-5-4(14-7(15)8(16)17)1-2-9(11,3-12)6(5)13/h1-2,6H,13H2,(H,14,15)(H,16,17). The third-order valence-corrected chi connectivity index (χ3v) is 2.97. The molecule has 1 aliphatic carbocycles. The lowest BCUT2D eigenvalue weighted by molar-refractivity contribution is -0.149. The lowest BCUT2D eigenvalue weighted by atomic mass is 9.94. The molecule has 0 bridgehead atoms. The number of alkyl halides is 1. The Balaban J connectivity index is 2.99. The normalized spacial score (nSPS) is 27.5. The Hall–Kier alpha value is -1.55. The number of hydrogen-bond acceptors (Lipinski definition) is 4. The van der Waals surface area contributed by atoms with Crippen LogP contribution in [0.4, 0.5) is 0 Å². The van der Waals surface area contributed by atoms with Gasteiger partial charge in [0, 0.05) is 0 Å². The molecular formula is C9H7Cl2N3O3. The number of carbonyl (C=O) groups excluding carboxylic acids is 1. The zero-order valence-corrected chi connectivity index (χ0v) is 9.79. The minimum Gasteiger partial charge on any atom is -0.474 e. The number of carbonyl (C=O) groups is 2. The largest absolute Gasteiger partial charge is 0.474 e. The van der Waals surface area contributed by atoms with Crippen molar-refractivity contribution < 1.29 is 14.7 Å². The summed E-state index contributed by atoms with van der Waals surface area (Å²) in [6.07, 6.45) is 2.48. The summed E-state index contributed by atoms with van der Waals surface area (Å²) < 4.78 is 0. The molecule has 17 heavy (non-hydrogen) atoms. The monoisotopic (exact) mass is 275 g/mol. The highest BCUT2D eigenvalue weighted by Gasteiger charge is 2.38. The van der Waals surface area contributed by atoms with Crippen molar-refractivity contribution in [3.63, 3.8) is 0 Å². The second kappa shape index (κ2) is 4.75. The van der Waals surface area contributed by atoms with Crippen LogP contribution in [0.1, 0.15) is 0 Å². The number of carboxylic acid groups (broad SMARTS) is 1. The van der Waals surface area contributed by atoms with Crippen molar-refractivity contribution in [3.05, 3.63) is 22.9 Å². The Morgan fingerprint density at radius 1 is 1.65 bits per heavy atom. The second-order valence-corrected chi connectivity index (χ2v) is 4.24. The summed E-state index contributed by atoms with van der Waals surface area (Å²) >= 11 is 11.7. The van der Waals surface area contributed by atoms with Crippen molar-refractivity contribution >= 4 is 35.1 Å². The predicted molar refractivity (Wildman–Crippen MR) is 60.0 cm³/mol. The summed E-state index contributed by atoms with van der Waals surface area (Å²) in [5.74, 6) is -2.92. The van der Waals surface area contributed by atoms with Crippen LogP contribution in [0.5, 0.6) is 0 Å². The average molecular weight is 276 g/mol. The number of nitrogens with two attached hydrogens (primary N) is 1. The summed E-state index contributed by atoms with van der Waals surface area (Å²) in [7, 11) is 0. The molecule has 4 N–H and O–H groups in total. The van der Waals surface area contributed by atoms with Gasteiger partial charge >= 0.3 is 11.9 Å². The van der Waals surface area contributed by atoms with Crippen LogP contribution in [0.25, 0.3) is 0 Å². The van der Waals surface area contributed by atoms with E-state index in [-0.39, 0.29) is 10.7 Å². The van der Waals surface area contributed by atoms with Gasteiger partial charge in [0.1, 0.15) is 0 Å². The molecule has 90 valence electrons. The van der Waals surface area contributed by atoms with E-state index >= 15 is 0 Å². The van der Waals surface area contributed by atoms with Crippen molar-refractivity contribution in [2.24, 2.45) is 5.73 Å². The van der Waals surface area contributed by atoms with E-state index in [2.05, 4.69) is 0 Å². The molecule has 0 radical (unpaired) electrons. The molecule has 8 heteroatoms. The first kappa shape index (κ1) is 13.5. The van der Waals surface area contributed by atoms with Crippen LogP contribution in [0.2, 0.25) is 0 Å². The topological polar surface area (TPSA) is 116 Å². The number of aliphatic carboxylic acids is 1. The highest BCUT2D eigenvalue weighted by molar-refractivity contribution is 6.36. The number of halogens is 2. The molecule has 0 aromatic rings. The molecule has 0 spiro atoms. The first-order valence-electron chi connectivity index (χ1n) is 4.30. The van der Waals surface area contributed by atoms with Crippen molar-refractivity contribution in [1.29, 1.82) is 5.26 Å². The third kappa shape index (κ3) is 2.58. The Labute approximate surface area is 106 Å². The Kier molecular flexibility index (Phi) is 3.78. The quantitative estimate of drug-likeness (QED) is 0.461. The molecule has 6 nitrogen and oxygen atoms in total. The number of allylic oxidation sites excluding steroid dienone is 1. The van der Waals surface area contributed by atoms with Gasteiger partial charge in [0.15, 0.2) is 4.87 Å². The number of hydrogen-bond donors (Lipinski definition) is 3. The fourth-order valence-corrected chi connectivity index (χ4v) is 1.63. The average Bonchev–Trinajstić information content (AvgIpc) is 2.30. The van der Waals surface area contributed by atoms with E-state index in [0.29, 0.717) is 0 Å². The summed E-state index contributed by atoms with van der Waals surface area (Å²) in [5, 5.41) is 19.2. The van der Waals surface area contributed by atoms with Crippen LogP contribution in [-0.2, 0) is 9.59 Å². The van der Waals surface area contributed by atoms with Crippen molar-refractivity contribution in [2.75, 3.05) is 0 Å². The second-order valence-electron chi connectivity index (χ2n) is 3.21. The number of carboxylic acids is 1. The highest BCUT2D eigenvalue weighted by Crippen LogP contribution is 2.32. The van der Waals surface area contributed by atoms with Crippen LogP contribution >= 0.6 is 23.2 Å². The molecule has 1 amide bonds. The molecule has 0 heterocycles. The van der Waals surface area contributed by atoms with Crippen LogP contribution in [0, 0.1) is 11.3 Å². The number of rotatable bonds is 1. The van der Waals surface area contributed by atoms with Gasteiger partial charge in [-0.25, -0.2) is 4.79 Å². The van der Waals surface area contributed by atoms with Gasteiger partial charge < -0.3 is 16.2 Å². The SMILES string of the molecule is N#CC1(Cl)C=CC(NC(=O)C(=O)O)=C(Cl)C1N. The molecule has 1 rings (SSSR count). The lowest BCUT2D eigenvalue weighted by Gasteiger charge is -2.27. The van der Waals surface area contributed by atoms with Gasteiger partial charge in [0.05, 0.1) is 22.8 Å². The van der Waals surface area contributed by atoms with E-state index in [1.54, 1.807) is 6.07 Å². The van der Waals surface area contributed by atoms with E-state index in [4.69, 9.17) is 39.3 Å². The molecule has 0 fully saturated rings. The molecular weight excluding hydrogens is 269 g/mol. The summed E-state index contributed by atoms with van der Waals surface area (Å²) in [4.78, 5) is 19.7. The zero-order valence-electron chi connectivity index (χ0n) is 8.28. The van der Waals surface area contributed by atoms with Gasteiger partial charge in [0.25, 0.3) is 0 Å². The first-order chi connectivity index (χ1) is 7.81. The summed E-state index contributed by atoms with van der Waals surface area (Å²) in [6.45, 7) is 0. The molecule has 0 saturated carbocycles. The van der Waals surface area contributed by atoms with Crippen molar-refractivity contribution in [3.8, 4) is 6.07 Å². The maximum atomic E-state index is 10.9. The Morgan fingerprint density at radius 2 is 2.24 bits per heavy atom. The minimum absolute atomic E-state index is 0.0121. The van der Waals surface area contributed by atoms with Crippen LogP contribution in [-0.4, -0.2) is 27.9 Å². The fraction of sp³-hybridized carbons (Fsp3) is 0.222. The molecule has 0 aromatic carbocycles. The highest BCUT2D eigenvalue weighted by atomic mass is 35.5. The van der Waals surface area contributed by atoms with Crippen LogP contribution in [0.15, 0.2) is 22.9 Å². The summed E-state index contributed by atoms with van der Waals surface area (Å²) in [5.41, 5.74) is 5.63. The molecule has 0 aromatic heterocycles. The van der Waals surface area contributed by atoms with Gasteiger partial charge in [-0.3, -0.25) is 4.79 Å². The van der Waals surface area contributed by atoms with E-state index in [9.17, 15) is 9.59 Å². The van der Waals surface area contributed by atoms with Crippen molar-refractivity contribution in [1.82, 2.24) is 5.32 Å². The molecule has 2 atom stereocenters. The van der Waals surface area contributed by atoms with Gasteiger partial charge in [0.2, 0.25) is 0 Å². The van der Waals surface area contributed by atoms with Gasteiger partial charge in [-0.1, -0.05) is 23.2 Å². The van der Waals surface area contributed by atoms with E-state index in [0.717, 1.165) is 0 Å². The predicted octanol–water partition coefficient (Wildman–Crippen LogP) is 0.0359. The Morgan fingerprint density at radius 3 is 2.71 bits per heavy atom. The van der Waals surface area contributed by atoms with Gasteiger partial charge in [-0.2, -0.15) is 5.26 Å². The first-order valence-corrected chi connectivity index (χ1v) is 5.06. The number of nitrogens with zero attached hydrogens (tertiary/aromatic N) is 1. The molecule has 0 saturated heterocycles. The van der Waals surface area contributed by atoms with Gasteiger partial charge in [-0.05, 0) is 12.2 Å². The lowest BCUT2D eigenvalue weighted by Crippen LogP contribution is -2.45. The number of nitriles is 1. The van der Waals surface area contributed by atoms with E-state index in [1.165, 1.54) is 12.2 Å². The minimum atomic E-state index is -1.66. The van der Waals surface area contributed by atoms with Crippen LogP contribution in [0.3, 0.4) is 0 Å². The molecule has 1 aliphatic rings. The Bertz CT molecular complexity index is 480. The maximum Gasteiger partial charge on any atom is 0.394 e. The van der Waals surface area contributed by atoms with Crippen molar-refractivity contribution in [2.45, 2.75) is 10.9 Å². The fourth-order valence-electron chi connectivity index (χ4n) is 1.12. The maximum absolute atomic E-state index is 10.9. The smallest absolute Gasteiger partial charge is 0.394 e. The molecule has 0 aliphatic heterocycles.